The molecule has 0 aromatic heterocycles. The second-order valence-corrected chi connectivity index (χ2v) is 9.82. The Morgan fingerprint density at radius 3 is 1.82 bits per heavy atom. The van der Waals surface area contributed by atoms with Gasteiger partial charge in [-0.3, -0.25) is 4.79 Å². The SMILES string of the molecule is COc1cc(OC)c(C(=O)Pc2ccc(OCCC(C)C)cc2OCCC(C)C)c(OC)c1. The molecule has 0 aliphatic heterocycles. The molecule has 0 fully saturated rings. The maximum Gasteiger partial charge on any atom is 0.193 e. The summed E-state index contributed by atoms with van der Waals surface area (Å²) >= 11 is 0. The van der Waals surface area contributed by atoms with Crippen LogP contribution in [0.4, 0.5) is 0 Å². The number of hydrogen-bond acceptors (Lipinski definition) is 6. The van der Waals surface area contributed by atoms with Crippen molar-refractivity contribution in [2.24, 2.45) is 11.8 Å². The van der Waals surface area contributed by atoms with Gasteiger partial charge in [-0.15, -0.1) is 0 Å². The van der Waals surface area contributed by atoms with Gasteiger partial charge in [0, 0.05) is 23.5 Å². The van der Waals surface area contributed by atoms with E-state index < -0.39 is 0 Å². The standard InChI is InChI=1S/C26H37O6P/c1-17(2)10-12-31-19-8-9-24(21(14-19)32-13-11-18(3)4)33-26(27)25-22(29-6)15-20(28-5)16-23(25)30-7/h8-9,14-18,33H,10-13H2,1-7H3. The molecule has 6 nitrogen and oxygen atoms in total. The first-order valence-electron chi connectivity index (χ1n) is 11.3. The summed E-state index contributed by atoms with van der Waals surface area (Å²) in [7, 11) is 4.44. The minimum absolute atomic E-state index is 0.103. The molecule has 1 unspecified atom stereocenters. The molecule has 1 atom stereocenters. The lowest BCUT2D eigenvalue weighted by Crippen LogP contribution is -2.11. The number of methoxy groups -OCH3 is 3. The van der Waals surface area contributed by atoms with Crippen LogP contribution in [0, 0.1) is 11.8 Å². The van der Waals surface area contributed by atoms with E-state index in [9.17, 15) is 4.79 Å². The van der Waals surface area contributed by atoms with E-state index in [1.807, 2.05) is 18.2 Å². The molecule has 0 spiro atoms. The summed E-state index contributed by atoms with van der Waals surface area (Å²) in [6.45, 7) is 9.87. The lowest BCUT2D eigenvalue weighted by atomic mass is 10.1. The maximum atomic E-state index is 13.4. The van der Waals surface area contributed by atoms with E-state index in [2.05, 4.69) is 27.7 Å². The first-order chi connectivity index (χ1) is 15.8. The Kier molecular flexibility index (Phi) is 10.8. The van der Waals surface area contributed by atoms with Gasteiger partial charge in [-0.05, 0) is 45.4 Å². The number of carbonyl (C=O) groups excluding carboxylic acids is 1. The van der Waals surface area contributed by atoms with Crippen LogP contribution in [0.1, 0.15) is 50.9 Å². The van der Waals surface area contributed by atoms with Gasteiger partial charge in [0.25, 0.3) is 0 Å². The van der Waals surface area contributed by atoms with Crippen LogP contribution in [0.5, 0.6) is 28.7 Å². The number of benzene rings is 2. The first-order valence-corrected chi connectivity index (χ1v) is 12.3. The topological polar surface area (TPSA) is 63.2 Å². The molecule has 0 saturated heterocycles. The monoisotopic (exact) mass is 476 g/mol. The zero-order chi connectivity index (χ0) is 24.4. The van der Waals surface area contributed by atoms with Crippen LogP contribution in [0.25, 0.3) is 0 Å². The van der Waals surface area contributed by atoms with Gasteiger partial charge in [0.1, 0.15) is 34.3 Å². The molecule has 2 aromatic rings. The number of rotatable bonds is 14. The van der Waals surface area contributed by atoms with Crippen LogP contribution >= 0.6 is 8.58 Å². The minimum Gasteiger partial charge on any atom is -0.496 e. The summed E-state index contributed by atoms with van der Waals surface area (Å²) in [6.07, 6.45) is 1.90. The van der Waals surface area contributed by atoms with Crippen molar-refractivity contribution in [1.29, 1.82) is 0 Å². The third kappa shape index (κ3) is 8.12. The van der Waals surface area contributed by atoms with E-state index in [0.29, 0.717) is 53.6 Å². The quantitative estimate of drug-likeness (QED) is 0.326. The largest absolute Gasteiger partial charge is 0.496 e. The average molecular weight is 477 g/mol. The third-order valence-corrected chi connectivity index (χ3v) is 6.22. The van der Waals surface area contributed by atoms with Gasteiger partial charge in [0.15, 0.2) is 5.52 Å². The lowest BCUT2D eigenvalue weighted by Gasteiger charge is -2.17. The second-order valence-electron chi connectivity index (χ2n) is 8.58. The molecule has 0 heterocycles. The molecule has 182 valence electrons. The molecule has 0 aliphatic carbocycles. The highest BCUT2D eigenvalue weighted by molar-refractivity contribution is 7.66. The molecule has 0 radical (unpaired) electrons. The van der Waals surface area contributed by atoms with E-state index in [-0.39, 0.29) is 14.1 Å². The van der Waals surface area contributed by atoms with Crippen LogP contribution < -0.4 is 29.0 Å². The number of ether oxygens (including phenoxy) is 5. The molecule has 2 rings (SSSR count). The maximum absolute atomic E-state index is 13.4. The summed E-state index contributed by atoms with van der Waals surface area (Å²) in [4.78, 5) is 13.4. The van der Waals surface area contributed by atoms with Crippen LogP contribution in [-0.4, -0.2) is 40.1 Å². The molecule has 33 heavy (non-hydrogen) atoms. The van der Waals surface area contributed by atoms with Crippen LogP contribution in [0.2, 0.25) is 0 Å². The fraction of sp³-hybridized carbons (Fsp3) is 0.500. The summed E-state index contributed by atoms with van der Waals surface area (Å²) in [5.74, 6) is 3.91. The Balaban J connectivity index is 2.31. The molecule has 0 amide bonds. The van der Waals surface area contributed by atoms with Crippen molar-refractivity contribution in [3.8, 4) is 28.7 Å². The molecule has 7 heteroatoms. The third-order valence-electron chi connectivity index (χ3n) is 5.06. The molecular weight excluding hydrogens is 439 g/mol. The highest BCUT2D eigenvalue weighted by Gasteiger charge is 2.22. The summed E-state index contributed by atoms with van der Waals surface area (Å²) < 4.78 is 28.2. The zero-order valence-corrected chi connectivity index (χ0v) is 21.8. The van der Waals surface area contributed by atoms with Gasteiger partial charge in [-0.25, -0.2) is 0 Å². The van der Waals surface area contributed by atoms with E-state index in [4.69, 9.17) is 23.7 Å². The van der Waals surface area contributed by atoms with Gasteiger partial charge >= 0.3 is 0 Å². The van der Waals surface area contributed by atoms with Gasteiger partial charge in [0.2, 0.25) is 0 Å². The van der Waals surface area contributed by atoms with Gasteiger partial charge in [-0.1, -0.05) is 27.7 Å². The van der Waals surface area contributed by atoms with Crippen LogP contribution in [0.3, 0.4) is 0 Å². The van der Waals surface area contributed by atoms with Crippen molar-refractivity contribution < 1.29 is 28.5 Å². The molecule has 0 N–H and O–H groups in total. The molecule has 0 saturated carbocycles. The summed E-state index contributed by atoms with van der Waals surface area (Å²) in [6, 6.07) is 9.07. The Morgan fingerprint density at radius 2 is 1.30 bits per heavy atom. The van der Waals surface area contributed by atoms with Crippen molar-refractivity contribution in [1.82, 2.24) is 0 Å². The first kappa shape index (κ1) is 26.8. The van der Waals surface area contributed by atoms with Crippen molar-refractivity contribution >= 4 is 19.4 Å². The predicted octanol–water partition coefficient (Wildman–Crippen LogP) is 5.71. The number of carbonyl (C=O) groups is 1. The molecule has 2 aromatic carbocycles. The normalized spacial score (nSPS) is 11.3. The van der Waals surface area contributed by atoms with Crippen molar-refractivity contribution in [2.75, 3.05) is 34.5 Å². The van der Waals surface area contributed by atoms with Crippen molar-refractivity contribution in [2.45, 2.75) is 40.5 Å². The van der Waals surface area contributed by atoms with Crippen LogP contribution in [-0.2, 0) is 0 Å². The van der Waals surface area contributed by atoms with Crippen molar-refractivity contribution in [3.63, 3.8) is 0 Å². The van der Waals surface area contributed by atoms with E-state index in [0.717, 1.165) is 23.9 Å². The highest BCUT2D eigenvalue weighted by atomic mass is 31.1. The van der Waals surface area contributed by atoms with Gasteiger partial charge in [-0.2, -0.15) is 0 Å². The Bertz CT molecular complexity index is 885. The highest BCUT2D eigenvalue weighted by Crippen LogP contribution is 2.39. The molecule has 0 aliphatic rings. The summed E-state index contributed by atoms with van der Waals surface area (Å²) in [5, 5.41) is 0.819. The van der Waals surface area contributed by atoms with E-state index >= 15 is 0 Å². The minimum atomic E-state index is -0.169. The Hall–Kier alpha value is -2.46. The lowest BCUT2D eigenvalue weighted by molar-refractivity contribution is 0.108. The predicted molar refractivity (Wildman–Crippen MR) is 135 cm³/mol. The summed E-state index contributed by atoms with van der Waals surface area (Å²) in [5.41, 5.74) is 0.290. The van der Waals surface area contributed by atoms with E-state index in [1.54, 1.807) is 19.2 Å². The Labute approximate surface area is 199 Å². The zero-order valence-electron chi connectivity index (χ0n) is 20.8. The van der Waals surface area contributed by atoms with E-state index in [1.165, 1.54) is 14.2 Å². The smallest absolute Gasteiger partial charge is 0.193 e. The fourth-order valence-corrected chi connectivity index (χ4v) is 4.10. The molecular formula is C26H37O6P. The van der Waals surface area contributed by atoms with Crippen molar-refractivity contribution in [3.05, 3.63) is 35.9 Å². The van der Waals surface area contributed by atoms with Crippen LogP contribution in [0.15, 0.2) is 30.3 Å². The fourth-order valence-electron chi connectivity index (χ4n) is 3.05. The number of hydrogen-bond donors (Lipinski definition) is 0. The molecule has 0 bridgehead atoms. The van der Waals surface area contributed by atoms with Gasteiger partial charge in [0.05, 0.1) is 34.5 Å². The van der Waals surface area contributed by atoms with Gasteiger partial charge < -0.3 is 23.7 Å². The Morgan fingerprint density at radius 1 is 0.758 bits per heavy atom. The average Bonchev–Trinajstić information content (AvgIpc) is 2.78. The second kappa shape index (κ2) is 13.3.